The monoisotopic (exact) mass is 258 g/mol. The maximum absolute atomic E-state index is 12.2. The summed E-state index contributed by atoms with van der Waals surface area (Å²) in [5, 5.41) is 0. The van der Waals surface area contributed by atoms with E-state index in [0.717, 1.165) is 6.54 Å². The van der Waals surface area contributed by atoms with Crippen LogP contribution in [0.1, 0.15) is 34.1 Å². The molecule has 0 heterocycles. The van der Waals surface area contributed by atoms with E-state index < -0.39 is 0 Å². The average molecular weight is 258 g/mol. The molecule has 0 aromatic rings. The molecule has 0 saturated carbocycles. The van der Waals surface area contributed by atoms with Crippen LogP contribution >= 0.6 is 0 Å². The Balaban J connectivity index is 4.45. The molecule has 0 fully saturated rings. The summed E-state index contributed by atoms with van der Waals surface area (Å²) in [5.74, 6) is -0.123. The summed E-state index contributed by atoms with van der Waals surface area (Å²) in [5.41, 5.74) is 0. The fraction of sp³-hybridized carbons (Fsp3) is 0.846. The zero-order chi connectivity index (χ0) is 14.1. The number of hydrogen-bond acceptors (Lipinski definition) is 4. The van der Waals surface area contributed by atoms with Crippen LogP contribution in [0.25, 0.3) is 0 Å². The quantitative estimate of drug-likeness (QED) is 0.612. The number of amides is 1. The topological polar surface area (TPSA) is 49.9 Å². The minimum atomic E-state index is -0.240. The Hall–Kier alpha value is -1.10. The van der Waals surface area contributed by atoms with Crippen LogP contribution in [0.3, 0.4) is 0 Å². The van der Waals surface area contributed by atoms with E-state index in [-0.39, 0.29) is 17.9 Å². The number of esters is 1. The highest BCUT2D eigenvalue weighted by Crippen LogP contribution is 2.05. The summed E-state index contributed by atoms with van der Waals surface area (Å²) in [6, 6.07) is -0.195. The summed E-state index contributed by atoms with van der Waals surface area (Å²) < 4.78 is 4.61. The Bertz CT molecular complexity index is 265. The van der Waals surface area contributed by atoms with Gasteiger partial charge in [-0.25, -0.2) is 0 Å². The number of nitrogens with zero attached hydrogens (tertiary/aromatic N) is 2. The smallest absolute Gasteiger partial charge is 0.306 e. The second-order valence-electron chi connectivity index (χ2n) is 4.14. The van der Waals surface area contributed by atoms with Gasteiger partial charge < -0.3 is 9.64 Å². The number of hydrogen-bond donors (Lipinski definition) is 0. The third-order valence-corrected chi connectivity index (χ3v) is 3.22. The van der Waals surface area contributed by atoms with Crippen LogP contribution in [0.5, 0.6) is 0 Å². The molecule has 0 aliphatic heterocycles. The molecule has 0 rings (SSSR count). The highest BCUT2D eigenvalue weighted by atomic mass is 16.5. The van der Waals surface area contributed by atoms with Crippen molar-refractivity contribution in [2.45, 2.75) is 40.2 Å². The van der Waals surface area contributed by atoms with Gasteiger partial charge in [-0.15, -0.1) is 0 Å². The Labute approximate surface area is 110 Å². The number of methoxy groups -OCH3 is 1. The Kier molecular flexibility index (Phi) is 8.37. The molecule has 0 aromatic heterocycles. The molecule has 1 amide bonds. The molecule has 0 N–H and O–H groups in total. The lowest BCUT2D eigenvalue weighted by Gasteiger charge is -2.30. The molecular formula is C13H26N2O3. The predicted molar refractivity (Wildman–Crippen MR) is 71.3 cm³/mol. The van der Waals surface area contributed by atoms with E-state index in [0.29, 0.717) is 26.1 Å². The Morgan fingerprint density at radius 3 is 2.06 bits per heavy atom. The molecular weight excluding hydrogens is 232 g/mol. The summed E-state index contributed by atoms with van der Waals surface area (Å²) >= 11 is 0. The molecule has 1 atom stereocenters. The van der Waals surface area contributed by atoms with Gasteiger partial charge in [0.2, 0.25) is 5.91 Å². The summed E-state index contributed by atoms with van der Waals surface area (Å²) in [4.78, 5) is 27.1. The van der Waals surface area contributed by atoms with E-state index in [1.54, 1.807) is 0 Å². The lowest BCUT2D eigenvalue weighted by molar-refractivity contribution is -0.142. The fourth-order valence-electron chi connectivity index (χ4n) is 1.92. The highest BCUT2D eigenvalue weighted by Gasteiger charge is 2.23. The SMILES string of the molecule is CCN(CC)C(=O)C(C)N(CC)CCC(=O)OC. The molecule has 0 spiro atoms. The number of carbonyl (C=O) groups is 2. The van der Waals surface area contributed by atoms with Gasteiger partial charge in [-0.3, -0.25) is 14.5 Å². The largest absolute Gasteiger partial charge is 0.469 e. The average Bonchev–Trinajstić information content (AvgIpc) is 2.39. The molecule has 0 aliphatic rings. The van der Waals surface area contributed by atoms with Gasteiger partial charge >= 0.3 is 5.97 Å². The van der Waals surface area contributed by atoms with E-state index in [1.807, 2.05) is 37.5 Å². The fourth-order valence-corrected chi connectivity index (χ4v) is 1.92. The van der Waals surface area contributed by atoms with Crippen LogP contribution in [0.2, 0.25) is 0 Å². The van der Waals surface area contributed by atoms with Crippen molar-refractivity contribution in [3.63, 3.8) is 0 Å². The van der Waals surface area contributed by atoms with Gasteiger partial charge in [-0.2, -0.15) is 0 Å². The van der Waals surface area contributed by atoms with Crippen molar-refractivity contribution < 1.29 is 14.3 Å². The van der Waals surface area contributed by atoms with Crippen molar-refractivity contribution in [1.29, 1.82) is 0 Å². The van der Waals surface area contributed by atoms with Crippen LogP contribution in [-0.2, 0) is 14.3 Å². The summed E-state index contributed by atoms with van der Waals surface area (Å²) in [6.07, 6.45) is 0.320. The minimum absolute atomic E-state index is 0.117. The van der Waals surface area contributed by atoms with Crippen LogP contribution in [0, 0.1) is 0 Å². The van der Waals surface area contributed by atoms with E-state index in [1.165, 1.54) is 7.11 Å². The number of likely N-dealkylation sites (N-methyl/N-ethyl adjacent to an activating group) is 2. The first-order chi connectivity index (χ1) is 8.51. The van der Waals surface area contributed by atoms with Crippen molar-refractivity contribution in [2.24, 2.45) is 0 Å². The van der Waals surface area contributed by atoms with Crippen LogP contribution in [0.15, 0.2) is 0 Å². The third-order valence-electron chi connectivity index (χ3n) is 3.22. The lowest BCUT2D eigenvalue weighted by atomic mass is 10.2. The summed E-state index contributed by atoms with van der Waals surface area (Å²) in [6.45, 7) is 10.5. The van der Waals surface area contributed by atoms with Gasteiger partial charge in [0.15, 0.2) is 0 Å². The zero-order valence-corrected chi connectivity index (χ0v) is 12.2. The maximum atomic E-state index is 12.2. The standard InChI is InChI=1S/C13H26N2O3/c1-6-14(7-2)13(17)11(4)15(8-3)10-9-12(16)18-5/h11H,6-10H2,1-5H3. The molecule has 5 heteroatoms. The maximum Gasteiger partial charge on any atom is 0.306 e. The van der Waals surface area contributed by atoms with E-state index in [4.69, 9.17) is 0 Å². The molecule has 0 aromatic carbocycles. The molecule has 0 saturated heterocycles. The normalized spacial score (nSPS) is 12.3. The molecule has 5 nitrogen and oxygen atoms in total. The molecule has 18 heavy (non-hydrogen) atoms. The Morgan fingerprint density at radius 2 is 1.67 bits per heavy atom. The van der Waals surface area contributed by atoms with Gasteiger partial charge in [0.1, 0.15) is 0 Å². The van der Waals surface area contributed by atoms with Crippen LogP contribution in [-0.4, -0.2) is 61.0 Å². The lowest BCUT2D eigenvalue weighted by Crippen LogP contribution is -2.47. The minimum Gasteiger partial charge on any atom is -0.469 e. The zero-order valence-electron chi connectivity index (χ0n) is 12.2. The van der Waals surface area contributed by atoms with Gasteiger partial charge in [-0.05, 0) is 27.3 Å². The highest BCUT2D eigenvalue weighted by molar-refractivity contribution is 5.81. The van der Waals surface area contributed by atoms with Crippen molar-refractivity contribution >= 4 is 11.9 Å². The number of ether oxygens (including phenoxy) is 1. The van der Waals surface area contributed by atoms with Crippen molar-refractivity contribution in [2.75, 3.05) is 33.3 Å². The second-order valence-corrected chi connectivity index (χ2v) is 4.14. The summed E-state index contributed by atoms with van der Waals surface area (Å²) in [7, 11) is 1.38. The third kappa shape index (κ3) is 5.04. The van der Waals surface area contributed by atoms with E-state index >= 15 is 0 Å². The first-order valence-corrected chi connectivity index (χ1v) is 6.61. The Morgan fingerprint density at radius 1 is 1.11 bits per heavy atom. The molecule has 0 aliphatic carbocycles. The molecule has 0 radical (unpaired) electrons. The first-order valence-electron chi connectivity index (χ1n) is 6.61. The van der Waals surface area contributed by atoms with Gasteiger partial charge in [-0.1, -0.05) is 6.92 Å². The van der Waals surface area contributed by atoms with Crippen LogP contribution in [0.4, 0.5) is 0 Å². The number of rotatable bonds is 8. The number of carbonyl (C=O) groups excluding carboxylic acids is 2. The van der Waals surface area contributed by atoms with Crippen molar-refractivity contribution in [3.8, 4) is 0 Å². The van der Waals surface area contributed by atoms with Crippen molar-refractivity contribution in [1.82, 2.24) is 9.80 Å². The van der Waals surface area contributed by atoms with E-state index in [2.05, 4.69) is 4.74 Å². The van der Waals surface area contributed by atoms with Gasteiger partial charge in [0.25, 0.3) is 0 Å². The van der Waals surface area contributed by atoms with Crippen molar-refractivity contribution in [3.05, 3.63) is 0 Å². The first kappa shape index (κ1) is 16.9. The van der Waals surface area contributed by atoms with Crippen LogP contribution < -0.4 is 0 Å². The predicted octanol–water partition coefficient (Wildman–Crippen LogP) is 1.13. The van der Waals surface area contributed by atoms with Gasteiger partial charge in [0.05, 0.1) is 19.6 Å². The van der Waals surface area contributed by atoms with E-state index in [9.17, 15) is 9.59 Å². The second kappa shape index (κ2) is 8.91. The van der Waals surface area contributed by atoms with Gasteiger partial charge in [0, 0.05) is 19.6 Å². The molecule has 106 valence electrons. The molecule has 1 unspecified atom stereocenters. The molecule has 0 bridgehead atoms.